The van der Waals surface area contributed by atoms with Gasteiger partial charge < -0.3 is 5.11 Å². The summed E-state index contributed by atoms with van der Waals surface area (Å²) in [7, 11) is 1.84. The van der Waals surface area contributed by atoms with E-state index in [0.29, 0.717) is 0 Å². The molecule has 11 heavy (non-hydrogen) atoms. The fourth-order valence-electron chi connectivity index (χ4n) is 1.47. The van der Waals surface area contributed by atoms with Gasteiger partial charge in [0.2, 0.25) is 0 Å². The second-order valence-electron chi connectivity index (χ2n) is 2.96. The molecule has 1 unspecified atom stereocenters. The van der Waals surface area contributed by atoms with Crippen LogP contribution in [0.2, 0.25) is 0 Å². The maximum absolute atomic E-state index is 10.7. The summed E-state index contributed by atoms with van der Waals surface area (Å²) in [6.07, 6.45) is 2.96. The molecule has 0 aromatic rings. The van der Waals surface area contributed by atoms with Crippen LogP contribution in [0.15, 0.2) is 11.6 Å². The second-order valence-corrected chi connectivity index (χ2v) is 2.96. The number of rotatable bonds is 1. The third-order valence-corrected chi connectivity index (χ3v) is 2.05. The van der Waals surface area contributed by atoms with E-state index in [4.69, 9.17) is 5.11 Å². The van der Waals surface area contributed by atoms with Gasteiger partial charge in [0.05, 0.1) is 0 Å². The maximum atomic E-state index is 10.7. The number of nitrogens with zero attached hydrogens (tertiary/aromatic N) is 1. The van der Waals surface area contributed by atoms with Crippen LogP contribution in [0.25, 0.3) is 0 Å². The van der Waals surface area contributed by atoms with Gasteiger partial charge in [0.25, 0.3) is 0 Å². The van der Waals surface area contributed by atoms with E-state index in [-0.39, 0.29) is 0 Å². The fourth-order valence-corrected chi connectivity index (χ4v) is 1.47. The first-order valence-electron chi connectivity index (χ1n) is 3.72. The monoisotopic (exact) mass is 155 g/mol. The van der Waals surface area contributed by atoms with Gasteiger partial charge in [-0.1, -0.05) is 6.08 Å². The summed E-state index contributed by atoms with van der Waals surface area (Å²) in [4.78, 5) is 12.6. The Morgan fingerprint density at radius 1 is 1.82 bits per heavy atom. The lowest BCUT2D eigenvalue weighted by molar-refractivity contribution is -0.141. The first-order valence-corrected chi connectivity index (χ1v) is 3.72. The van der Waals surface area contributed by atoms with Crippen molar-refractivity contribution in [3.63, 3.8) is 0 Å². The number of likely N-dealkylation sites (N-methyl/N-ethyl adjacent to an activating group) is 1. The Labute approximate surface area is 66.3 Å². The molecule has 0 radical (unpaired) electrons. The van der Waals surface area contributed by atoms with E-state index in [0.717, 1.165) is 18.5 Å². The molecule has 0 saturated carbocycles. The van der Waals surface area contributed by atoms with E-state index in [2.05, 4.69) is 0 Å². The van der Waals surface area contributed by atoms with Crippen molar-refractivity contribution in [3.05, 3.63) is 11.6 Å². The number of carboxylic acids is 1. The minimum atomic E-state index is -0.749. The molecule has 0 saturated heterocycles. The molecule has 0 fully saturated rings. The molecular weight excluding hydrogens is 142 g/mol. The van der Waals surface area contributed by atoms with Crippen LogP contribution in [-0.4, -0.2) is 35.6 Å². The summed E-state index contributed by atoms with van der Waals surface area (Å²) in [5.41, 5.74) is 0.950. The number of hydrogen-bond acceptors (Lipinski definition) is 2. The molecule has 1 aliphatic heterocycles. The minimum Gasteiger partial charge on any atom is -0.480 e. The zero-order chi connectivity index (χ0) is 8.43. The zero-order valence-corrected chi connectivity index (χ0v) is 6.87. The Morgan fingerprint density at radius 2 is 2.45 bits per heavy atom. The Balaban J connectivity index is 2.80. The highest BCUT2D eigenvalue weighted by molar-refractivity contribution is 5.77. The Morgan fingerprint density at radius 3 is 2.82 bits per heavy atom. The largest absolute Gasteiger partial charge is 0.480 e. The molecule has 0 amide bonds. The molecule has 0 spiro atoms. The third-order valence-electron chi connectivity index (χ3n) is 2.05. The molecule has 1 N–H and O–H groups in total. The normalized spacial score (nSPS) is 26.4. The molecule has 0 aliphatic carbocycles. The van der Waals surface area contributed by atoms with Crippen LogP contribution < -0.4 is 0 Å². The Kier molecular flexibility index (Phi) is 2.29. The summed E-state index contributed by atoms with van der Waals surface area (Å²) >= 11 is 0. The van der Waals surface area contributed by atoms with Crippen molar-refractivity contribution in [1.29, 1.82) is 0 Å². The minimum absolute atomic E-state index is 0.399. The number of hydrogen-bond donors (Lipinski definition) is 1. The van der Waals surface area contributed by atoms with Crippen molar-refractivity contribution in [1.82, 2.24) is 4.90 Å². The molecular formula is C8H13NO2. The maximum Gasteiger partial charge on any atom is 0.325 e. The van der Waals surface area contributed by atoms with Gasteiger partial charge in [-0.3, -0.25) is 9.69 Å². The molecule has 3 nitrogen and oxygen atoms in total. The van der Waals surface area contributed by atoms with Gasteiger partial charge >= 0.3 is 5.97 Å². The van der Waals surface area contributed by atoms with Crippen LogP contribution in [0.1, 0.15) is 13.3 Å². The van der Waals surface area contributed by atoms with E-state index >= 15 is 0 Å². The quantitative estimate of drug-likeness (QED) is 0.567. The summed E-state index contributed by atoms with van der Waals surface area (Å²) in [5, 5.41) is 8.80. The molecule has 3 heteroatoms. The molecule has 1 atom stereocenters. The van der Waals surface area contributed by atoms with Gasteiger partial charge in [-0.25, -0.2) is 0 Å². The highest BCUT2D eigenvalue weighted by atomic mass is 16.4. The summed E-state index contributed by atoms with van der Waals surface area (Å²) < 4.78 is 0. The molecule has 1 heterocycles. The van der Waals surface area contributed by atoms with Gasteiger partial charge in [-0.2, -0.15) is 0 Å². The van der Waals surface area contributed by atoms with Crippen LogP contribution >= 0.6 is 0 Å². The summed E-state index contributed by atoms with van der Waals surface area (Å²) in [6, 6.07) is -0.399. The van der Waals surface area contributed by atoms with Crippen molar-refractivity contribution in [2.45, 2.75) is 19.4 Å². The lowest BCUT2D eigenvalue weighted by Crippen LogP contribution is -2.41. The van der Waals surface area contributed by atoms with Gasteiger partial charge in [0, 0.05) is 6.54 Å². The van der Waals surface area contributed by atoms with Crippen LogP contribution in [0, 0.1) is 0 Å². The van der Waals surface area contributed by atoms with Crippen molar-refractivity contribution >= 4 is 5.97 Å². The number of aliphatic carboxylic acids is 1. The average molecular weight is 155 g/mol. The predicted molar refractivity (Wildman–Crippen MR) is 42.4 cm³/mol. The summed E-state index contributed by atoms with van der Waals surface area (Å²) in [6.45, 7) is 2.71. The zero-order valence-electron chi connectivity index (χ0n) is 6.87. The van der Waals surface area contributed by atoms with Gasteiger partial charge in [0.15, 0.2) is 0 Å². The van der Waals surface area contributed by atoms with Crippen molar-refractivity contribution in [2.24, 2.45) is 0 Å². The van der Waals surface area contributed by atoms with Crippen molar-refractivity contribution < 1.29 is 9.90 Å². The standard InChI is InChI=1S/C8H13NO2/c1-6-4-3-5-9(2)7(6)8(10)11/h4,7H,3,5H2,1-2H3,(H,10,11). The Hall–Kier alpha value is -0.830. The van der Waals surface area contributed by atoms with Crippen molar-refractivity contribution in [2.75, 3.05) is 13.6 Å². The number of carboxylic acid groups (broad SMARTS) is 1. The topological polar surface area (TPSA) is 40.5 Å². The van der Waals surface area contributed by atoms with Crippen molar-refractivity contribution in [3.8, 4) is 0 Å². The first kappa shape index (κ1) is 8.27. The second kappa shape index (κ2) is 3.05. The van der Waals surface area contributed by atoms with Gasteiger partial charge in [0.1, 0.15) is 6.04 Å². The molecule has 62 valence electrons. The highest BCUT2D eigenvalue weighted by Crippen LogP contribution is 2.15. The van der Waals surface area contributed by atoms with E-state index in [9.17, 15) is 4.79 Å². The van der Waals surface area contributed by atoms with Gasteiger partial charge in [-0.15, -0.1) is 0 Å². The molecule has 1 rings (SSSR count). The van der Waals surface area contributed by atoms with E-state index in [1.54, 1.807) is 0 Å². The average Bonchev–Trinajstić information content (AvgIpc) is 1.85. The molecule has 0 aromatic heterocycles. The fraction of sp³-hybridized carbons (Fsp3) is 0.625. The van der Waals surface area contributed by atoms with Crippen LogP contribution in [0.4, 0.5) is 0 Å². The first-order chi connectivity index (χ1) is 5.13. The molecule has 0 bridgehead atoms. The lowest BCUT2D eigenvalue weighted by Gasteiger charge is -2.28. The smallest absolute Gasteiger partial charge is 0.325 e. The van der Waals surface area contributed by atoms with Crippen LogP contribution in [0.5, 0.6) is 0 Å². The van der Waals surface area contributed by atoms with E-state index < -0.39 is 12.0 Å². The highest BCUT2D eigenvalue weighted by Gasteiger charge is 2.25. The molecule has 0 aromatic carbocycles. The SMILES string of the molecule is CC1=CCCN(C)C1C(=O)O. The Bertz CT molecular complexity index is 198. The molecule has 1 aliphatic rings. The van der Waals surface area contributed by atoms with Crippen LogP contribution in [-0.2, 0) is 4.79 Å². The predicted octanol–water partition coefficient (Wildman–Crippen LogP) is 0.721. The van der Waals surface area contributed by atoms with E-state index in [1.807, 2.05) is 24.9 Å². The number of carbonyl (C=O) groups is 1. The summed E-state index contributed by atoms with van der Waals surface area (Å²) in [5.74, 6) is -0.749. The third kappa shape index (κ3) is 1.60. The van der Waals surface area contributed by atoms with E-state index in [1.165, 1.54) is 0 Å². The van der Waals surface area contributed by atoms with Crippen LogP contribution in [0.3, 0.4) is 0 Å². The van der Waals surface area contributed by atoms with Gasteiger partial charge in [-0.05, 0) is 26.0 Å². The lowest BCUT2D eigenvalue weighted by atomic mass is 10.0.